The second kappa shape index (κ2) is 12.0. The van der Waals surface area contributed by atoms with Crippen LogP contribution in [0.1, 0.15) is 36.9 Å². The van der Waals surface area contributed by atoms with Crippen LogP contribution in [0, 0.1) is 0 Å². The van der Waals surface area contributed by atoms with E-state index in [2.05, 4.69) is 10.3 Å². The molecule has 0 aliphatic carbocycles. The highest BCUT2D eigenvalue weighted by Crippen LogP contribution is 2.24. The van der Waals surface area contributed by atoms with Gasteiger partial charge in [0.25, 0.3) is 0 Å². The SMILES string of the molecule is OC(Cl)(CNCCCCCCOCCc1ccccn1)c1ccccc1. The van der Waals surface area contributed by atoms with E-state index in [-0.39, 0.29) is 0 Å². The van der Waals surface area contributed by atoms with Gasteiger partial charge in [0.15, 0.2) is 5.06 Å². The lowest BCUT2D eigenvalue weighted by Gasteiger charge is -2.21. The molecule has 0 fully saturated rings. The van der Waals surface area contributed by atoms with E-state index in [1.807, 2.05) is 54.7 Å². The summed E-state index contributed by atoms with van der Waals surface area (Å²) in [6.07, 6.45) is 7.11. The monoisotopic (exact) mass is 376 g/mol. The normalized spacial score (nSPS) is 13.5. The van der Waals surface area contributed by atoms with Crippen LogP contribution < -0.4 is 5.32 Å². The minimum Gasteiger partial charge on any atom is -0.381 e. The average Bonchev–Trinajstić information content (AvgIpc) is 2.67. The van der Waals surface area contributed by atoms with Gasteiger partial charge in [-0.25, -0.2) is 0 Å². The van der Waals surface area contributed by atoms with Gasteiger partial charge in [0.2, 0.25) is 0 Å². The van der Waals surface area contributed by atoms with E-state index in [9.17, 15) is 5.11 Å². The zero-order valence-electron chi connectivity index (χ0n) is 15.2. The van der Waals surface area contributed by atoms with Crippen LogP contribution in [-0.4, -0.2) is 36.4 Å². The number of aliphatic hydroxyl groups is 1. The van der Waals surface area contributed by atoms with Crippen molar-refractivity contribution in [2.45, 2.75) is 37.2 Å². The third-order valence-corrected chi connectivity index (χ3v) is 4.55. The van der Waals surface area contributed by atoms with E-state index in [1.165, 1.54) is 0 Å². The van der Waals surface area contributed by atoms with Crippen LogP contribution in [0.4, 0.5) is 0 Å². The van der Waals surface area contributed by atoms with Crippen molar-refractivity contribution in [1.82, 2.24) is 10.3 Å². The van der Waals surface area contributed by atoms with Crippen LogP contribution in [0.15, 0.2) is 54.7 Å². The number of nitrogens with zero attached hydrogens (tertiary/aromatic N) is 1. The summed E-state index contributed by atoms with van der Waals surface area (Å²) in [6.45, 7) is 2.72. The Labute approximate surface area is 161 Å². The largest absolute Gasteiger partial charge is 0.381 e. The summed E-state index contributed by atoms with van der Waals surface area (Å²) in [4.78, 5) is 4.28. The van der Waals surface area contributed by atoms with Crippen molar-refractivity contribution in [1.29, 1.82) is 0 Å². The first-order chi connectivity index (χ1) is 12.7. The Morgan fingerprint density at radius 3 is 2.50 bits per heavy atom. The number of nitrogens with one attached hydrogen (secondary N) is 1. The van der Waals surface area contributed by atoms with E-state index in [0.717, 1.165) is 63.1 Å². The average molecular weight is 377 g/mol. The van der Waals surface area contributed by atoms with Crippen LogP contribution in [-0.2, 0) is 16.2 Å². The minimum atomic E-state index is -1.34. The fraction of sp³-hybridized carbons (Fsp3) is 0.476. The minimum absolute atomic E-state index is 0.342. The van der Waals surface area contributed by atoms with Gasteiger partial charge in [-0.2, -0.15) is 0 Å². The first kappa shape index (κ1) is 20.8. The Kier molecular flexibility index (Phi) is 9.64. The number of rotatable bonds is 13. The summed E-state index contributed by atoms with van der Waals surface area (Å²) < 4.78 is 5.65. The number of hydrogen-bond acceptors (Lipinski definition) is 4. The van der Waals surface area contributed by atoms with E-state index >= 15 is 0 Å². The summed E-state index contributed by atoms with van der Waals surface area (Å²) in [5, 5.41) is 12.2. The van der Waals surface area contributed by atoms with E-state index in [1.54, 1.807) is 0 Å². The Balaban J connectivity index is 1.41. The van der Waals surface area contributed by atoms with Gasteiger partial charge in [-0.3, -0.25) is 4.98 Å². The molecule has 0 radical (unpaired) electrons. The molecule has 1 aromatic heterocycles. The van der Waals surface area contributed by atoms with Gasteiger partial charge in [-0.15, -0.1) is 0 Å². The molecule has 0 aliphatic rings. The summed E-state index contributed by atoms with van der Waals surface area (Å²) in [7, 11) is 0. The van der Waals surface area contributed by atoms with Gasteiger partial charge in [-0.1, -0.05) is 60.8 Å². The lowest BCUT2D eigenvalue weighted by Crippen LogP contribution is -2.33. The highest BCUT2D eigenvalue weighted by molar-refractivity contribution is 6.23. The first-order valence-electron chi connectivity index (χ1n) is 9.34. The fourth-order valence-corrected chi connectivity index (χ4v) is 2.90. The second-order valence-corrected chi connectivity index (χ2v) is 7.03. The molecule has 0 saturated carbocycles. The predicted octanol–water partition coefficient (Wildman–Crippen LogP) is 3.87. The summed E-state index contributed by atoms with van der Waals surface area (Å²) in [6, 6.07) is 15.3. The third-order valence-electron chi connectivity index (χ3n) is 4.20. The fourth-order valence-electron chi connectivity index (χ4n) is 2.68. The van der Waals surface area contributed by atoms with Gasteiger partial charge >= 0.3 is 0 Å². The molecule has 26 heavy (non-hydrogen) atoms. The maximum Gasteiger partial charge on any atom is 0.176 e. The van der Waals surface area contributed by atoms with Gasteiger partial charge in [-0.05, 0) is 31.5 Å². The third kappa shape index (κ3) is 8.28. The van der Waals surface area contributed by atoms with Crippen LogP contribution >= 0.6 is 11.6 Å². The molecular weight excluding hydrogens is 348 g/mol. The van der Waals surface area contributed by atoms with Crippen LogP contribution in [0.25, 0.3) is 0 Å². The van der Waals surface area contributed by atoms with Crippen LogP contribution in [0.2, 0.25) is 0 Å². The predicted molar refractivity (Wildman–Crippen MR) is 106 cm³/mol. The molecule has 1 aromatic carbocycles. The number of aromatic nitrogens is 1. The molecule has 0 amide bonds. The maximum absolute atomic E-state index is 10.3. The molecule has 0 saturated heterocycles. The number of pyridine rings is 1. The molecule has 4 nitrogen and oxygen atoms in total. The van der Waals surface area contributed by atoms with E-state index < -0.39 is 5.06 Å². The number of ether oxygens (including phenoxy) is 1. The molecule has 0 spiro atoms. The Bertz CT molecular complexity index is 593. The topological polar surface area (TPSA) is 54.4 Å². The molecule has 2 N–H and O–H groups in total. The first-order valence-corrected chi connectivity index (χ1v) is 9.71. The lowest BCUT2D eigenvalue weighted by molar-refractivity contribution is 0.126. The summed E-state index contributed by atoms with van der Waals surface area (Å²) in [5.74, 6) is 0. The van der Waals surface area contributed by atoms with Crippen LogP contribution in [0.3, 0.4) is 0 Å². The Hall–Kier alpha value is -1.46. The number of benzene rings is 1. The molecule has 0 aliphatic heterocycles. The molecule has 0 bridgehead atoms. The quantitative estimate of drug-likeness (QED) is 0.411. The molecule has 2 aromatic rings. The van der Waals surface area contributed by atoms with Crippen LogP contribution in [0.5, 0.6) is 0 Å². The lowest BCUT2D eigenvalue weighted by atomic mass is 10.1. The van der Waals surface area contributed by atoms with Crippen molar-refractivity contribution < 1.29 is 9.84 Å². The molecule has 5 heteroatoms. The summed E-state index contributed by atoms with van der Waals surface area (Å²) in [5.41, 5.74) is 1.80. The smallest absolute Gasteiger partial charge is 0.176 e. The highest BCUT2D eigenvalue weighted by Gasteiger charge is 2.24. The molecular formula is C21H29ClN2O2. The highest BCUT2D eigenvalue weighted by atomic mass is 35.5. The van der Waals surface area contributed by atoms with Gasteiger partial charge < -0.3 is 15.2 Å². The number of hydrogen-bond donors (Lipinski definition) is 2. The van der Waals surface area contributed by atoms with Gasteiger partial charge in [0.1, 0.15) is 0 Å². The molecule has 142 valence electrons. The summed E-state index contributed by atoms with van der Waals surface area (Å²) >= 11 is 6.19. The number of halogens is 1. The second-order valence-electron chi connectivity index (χ2n) is 6.40. The number of unbranched alkanes of at least 4 members (excludes halogenated alkanes) is 3. The van der Waals surface area contributed by atoms with Crippen molar-refractivity contribution >= 4 is 11.6 Å². The maximum atomic E-state index is 10.3. The van der Waals surface area contributed by atoms with Crippen molar-refractivity contribution in [2.75, 3.05) is 26.3 Å². The number of alkyl halides is 1. The van der Waals surface area contributed by atoms with E-state index in [4.69, 9.17) is 16.3 Å². The molecule has 1 heterocycles. The zero-order chi connectivity index (χ0) is 18.5. The van der Waals surface area contributed by atoms with Crippen molar-refractivity contribution in [3.63, 3.8) is 0 Å². The van der Waals surface area contributed by atoms with Crippen molar-refractivity contribution in [3.05, 3.63) is 66.0 Å². The van der Waals surface area contributed by atoms with E-state index in [0.29, 0.717) is 6.54 Å². The van der Waals surface area contributed by atoms with Crippen molar-refractivity contribution in [3.8, 4) is 0 Å². The van der Waals surface area contributed by atoms with Gasteiger partial charge in [0, 0.05) is 37.0 Å². The zero-order valence-corrected chi connectivity index (χ0v) is 16.0. The molecule has 2 rings (SSSR count). The standard InChI is InChI=1S/C21H29ClN2O2/c22-21(25,19-10-4-3-5-11-19)18-23-14-7-1-2-9-16-26-17-13-20-12-6-8-15-24-20/h3-6,8,10-12,15,23,25H,1-2,7,9,13-14,16-18H2. The Morgan fingerprint density at radius 1 is 0.962 bits per heavy atom. The van der Waals surface area contributed by atoms with Crippen molar-refractivity contribution in [2.24, 2.45) is 0 Å². The molecule has 1 unspecified atom stereocenters. The van der Waals surface area contributed by atoms with Gasteiger partial charge in [0.05, 0.1) is 6.61 Å². The molecule has 1 atom stereocenters. The Morgan fingerprint density at radius 2 is 1.73 bits per heavy atom.